The van der Waals surface area contributed by atoms with Crippen LogP contribution in [0.5, 0.6) is 0 Å². The molecule has 3 aromatic heterocycles. The van der Waals surface area contributed by atoms with Crippen LogP contribution < -0.4 is 0 Å². The molecule has 0 fully saturated rings. The van der Waals surface area contributed by atoms with Gasteiger partial charge < -0.3 is 0 Å². The lowest BCUT2D eigenvalue weighted by Gasteiger charge is -2.17. The van der Waals surface area contributed by atoms with Gasteiger partial charge >= 0.3 is 0 Å². The number of pyridine rings is 2. The molecule has 0 bridgehead atoms. The van der Waals surface area contributed by atoms with Crippen LogP contribution in [-0.4, -0.2) is 20.2 Å². The van der Waals surface area contributed by atoms with Crippen molar-refractivity contribution in [3.8, 4) is 33.5 Å². The number of hydrogen-bond acceptors (Lipinski definition) is 3. The van der Waals surface area contributed by atoms with Gasteiger partial charge in [-0.1, -0.05) is 12.1 Å². The van der Waals surface area contributed by atoms with Crippen molar-refractivity contribution in [3.05, 3.63) is 90.4 Å². The molecule has 0 atom stereocenters. The zero-order chi connectivity index (χ0) is 20.7. The normalized spacial score (nSPS) is 11.2. The lowest BCUT2D eigenvalue weighted by Crippen LogP contribution is -1.97. The minimum atomic E-state index is -0.318. The Morgan fingerprint density at radius 3 is 1.90 bits per heavy atom. The van der Waals surface area contributed by atoms with E-state index >= 15 is 0 Å². The molecule has 0 saturated heterocycles. The number of benzene rings is 2. The summed E-state index contributed by atoms with van der Waals surface area (Å²) in [5, 5.41) is 8.20. The number of fused-ring (bicyclic) bond motifs is 1. The summed E-state index contributed by atoms with van der Waals surface area (Å²) in [6, 6.07) is 16.4. The van der Waals surface area contributed by atoms with Crippen molar-refractivity contribution in [1.29, 1.82) is 0 Å². The number of aromatic nitrogens is 4. The lowest BCUT2D eigenvalue weighted by molar-refractivity contribution is 0.627. The molecule has 2 aromatic carbocycles. The van der Waals surface area contributed by atoms with E-state index in [0.29, 0.717) is 11.3 Å². The topological polar surface area (TPSA) is 54.5 Å². The Morgan fingerprint density at radius 2 is 1.27 bits per heavy atom. The summed E-state index contributed by atoms with van der Waals surface area (Å²) in [5.41, 5.74) is 6.32. The molecule has 30 heavy (non-hydrogen) atoms. The molecule has 0 radical (unpaired) electrons. The van der Waals surface area contributed by atoms with E-state index in [1.54, 1.807) is 36.7 Å². The van der Waals surface area contributed by atoms with Crippen LogP contribution in [0.15, 0.2) is 73.1 Å². The first-order valence-electron chi connectivity index (χ1n) is 9.43. The molecule has 4 nitrogen and oxygen atoms in total. The molecular formula is C24H16F2N4. The Hall–Kier alpha value is -3.93. The van der Waals surface area contributed by atoms with Gasteiger partial charge in [-0.05, 0) is 66.6 Å². The van der Waals surface area contributed by atoms with Crippen molar-refractivity contribution in [2.24, 2.45) is 0 Å². The smallest absolute Gasteiger partial charge is 0.156 e. The quantitative estimate of drug-likeness (QED) is 0.409. The van der Waals surface area contributed by atoms with Crippen LogP contribution >= 0.6 is 0 Å². The maximum atomic E-state index is 13.7. The highest BCUT2D eigenvalue weighted by molar-refractivity contribution is 6.07. The number of H-pyrrole nitrogens is 1. The fourth-order valence-corrected chi connectivity index (χ4v) is 3.73. The Kier molecular flexibility index (Phi) is 4.32. The van der Waals surface area contributed by atoms with Crippen LogP contribution in [0.25, 0.3) is 44.5 Å². The fraction of sp³-hybridized carbons (Fsp3) is 0.0417. The lowest BCUT2D eigenvalue weighted by atomic mass is 9.89. The van der Waals surface area contributed by atoms with Crippen LogP contribution in [0.1, 0.15) is 5.69 Å². The number of nitrogens with one attached hydrogen (secondary N) is 1. The summed E-state index contributed by atoms with van der Waals surface area (Å²) < 4.78 is 27.3. The molecule has 6 heteroatoms. The minimum Gasteiger partial charge on any atom is -0.265 e. The SMILES string of the molecule is Cc1n[nH]c2nc(-c3ccc(F)cc3)c(-c3ccncc3)c(-c3ccc(F)cc3)c12. The van der Waals surface area contributed by atoms with Crippen molar-refractivity contribution in [2.75, 3.05) is 0 Å². The van der Waals surface area contributed by atoms with Crippen LogP contribution in [0, 0.1) is 18.6 Å². The number of aryl methyl sites for hydroxylation is 1. The minimum absolute atomic E-state index is 0.308. The molecule has 0 aliphatic rings. The van der Waals surface area contributed by atoms with Gasteiger partial charge in [-0.2, -0.15) is 5.10 Å². The molecule has 5 rings (SSSR count). The molecule has 3 heterocycles. The monoisotopic (exact) mass is 398 g/mol. The summed E-state index contributed by atoms with van der Waals surface area (Å²) in [6.07, 6.45) is 3.43. The molecular weight excluding hydrogens is 382 g/mol. The summed E-state index contributed by atoms with van der Waals surface area (Å²) in [5.74, 6) is -0.626. The van der Waals surface area contributed by atoms with E-state index in [4.69, 9.17) is 4.98 Å². The van der Waals surface area contributed by atoms with Gasteiger partial charge in [0.1, 0.15) is 11.6 Å². The number of nitrogens with zero attached hydrogens (tertiary/aromatic N) is 3. The van der Waals surface area contributed by atoms with Crippen molar-refractivity contribution >= 4 is 11.0 Å². The van der Waals surface area contributed by atoms with Gasteiger partial charge in [0.05, 0.1) is 16.8 Å². The molecule has 0 aliphatic carbocycles. The van der Waals surface area contributed by atoms with Crippen molar-refractivity contribution in [2.45, 2.75) is 6.92 Å². The van der Waals surface area contributed by atoms with Crippen molar-refractivity contribution < 1.29 is 8.78 Å². The molecule has 0 saturated carbocycles. The third-order valence-electron chi connectivity index (χ3n) is 5.11. The summed E-state index contributed by atoms with van der Waals surface area (Å²) in [6.45, 7) is 1.90. The van der Waals surface area contributed by atoms with Crippen LogP contribution in [-0.2, 0) is 0 Å². The standard InChI is InChI=1S/C24H16F2N4/c1-14-20-21(15-2-6-18(25)7-3-15)22(16-10-12-27-13-11-16)23(28-24(20)30-29-14)17-4-8-19(26)9-5-17/h2-13H,1H3,(H,28,29,30). The molecule has 146 valence electrons. The molecule has 5 aromatic rings. The Labute approximate surface area is 171 Å². The summed E-state index contributed by atoms with van der Waals surface area (Å²) in [7, 11) is 0. The summed E-state index contributed by atoms with van der Waals surface area (Å²) in [4.78, 5) is 8.97. The third-order valence-corrected chi connectivity index (χ3v) is 5.11. The second kappa shape index (κ2) is 7.15. The highest BCUT2D eigenvalue weighted by Gasteiger charge is 2.22. The maximum absolute atomic E-state index is 13.7. The Bertz CT molecular complexity index is 1340. The van der Waals surface area contributed by atoms with Gasteiger partial charge in [0.2, 0.25) is 0 Å². The molecule has 0 spiro atoms. The van der Waals surface area contributed by atoms with Crippen molar-refractivity contribution in [3.63, 3.8) is 0 Å². The number of hydrogen-bond donors (Lipinski definition) is 1. The maximum Gasteiger partial charge on any atom is 0.156 e. The molecule has 0 aliphatic heterocycles. The molecule has 0 unspecified atom stereocenters. The van der Waals surface area contributed by atoms with Gasteiger partial charge in [0.15, 0.2) is 5.65 Å². The first-order valence-corrected chi connectivity index (χ1v) is 9.43. The average Bonchev–Trinajstić information content (AvgIpc) is 3.15. The predicted octanol–water partition coefficient (Wildman–Crippen LogP) is 5.94. The van der Waals surface area contributed by atoms with E-state index in [1.807, 2.05) is 19.1 Å². The second-order valence-corrected chi connectivity index (χ2v) is 6.99. The Morgan fingerprint density at radius 1 is 0.700 bits per heavy atom. The zero-order valence-electron chi connectivity index (χ0n) is 16.0. The fourth-order valence-electron chi connectivity index (χ4n) is 3.73. The largest absolute Gasteiger partial charge is 0.265 e. The van der Waals surface area contributed by atoms with E-state index in [2.05, 4.69) is 15.2 Å². The first-order chi connectivity index (χ1) is 14.6. The third kappa shape index (κ3) is 3.03. The van der Waals surface area contributed by atoms with E-state index in [9.17, 15) is 8.78 Å². The van der Waals surface area contributed by atoms with Gasteiger partial charge in [0, 0.05) is 29.1 Å². The van der Waals surface area contributed by atoms with Crippen molar-refractivity contribution in [1.82, 2.24) is 20.2 Å². The summed E-state index contributed by atoms with van der Waals surface area (Å²) >= 11 is 0. The van der Waals surface area contributed by atoms with Crippen LogP contribution in [0.4, 0.5) is 8.78 Å². The van der Waals surface area contributed by atoms with Gasteiger partial charge in [-0.3, -0.25) is 10.1 Å². The Balaban J connectivity index is 1.95. The number of rotatable bonds is 3. The first kappa shape index (κ1) is 18.1. The van der Waals surface area contributed by atoms with Gasteiger partial charge in [-0.25, -0.2) is 13.8 Å². The highest BCUT2D eigenvalue weighted by atomic mass is 19.1. The van der Waals surface area contributed by atoms with E-state index in [1.165, 1.54) is 24.3 Å². The second-order valence-electron chi connectivity index (χ2n) is 6.99. The molecule has 1 N–H and O–H groups in total. The predicted molar refractivity (Wildman–Crippen MR) is 113 cm³/mol. The van der Waals surface area contributed by atoms with Crippen LogP contribution in [0.2, 0.25) is 0 Å². The molecule has 0 amide bonds. The average molecular weight is 398 g/mol. The van der Waals surface area contributed by atoms with E-state index in [0.717, 1.165) is 38.9 Å². The van der Waals surface area contributed by atoms with E-state index < -0.39 is 0 Å². The van der Waals surface area contributed by atoms with Gasteiger partial charge in [0.25, 0.3) is 0 Å². The number of halogens is 2. The van der Waals surface area contributed by atoms with Crippen LogP contribution in [0.3, 0.4) is 0 Å². The van der Waals surface area contributed by atoms with Gasteiger partial charge in [-0.15, -0.1) is 0 Å². The zero-order valence-corrected chi connectivity index (χ0v) is 16.0. The van der Waals surface area contributed by atoms with E-state index in [-0.39, 0.29) is 11.6 Å². The highest BCUT2D eigenvalue weighted by Crippen LogP contribution is 2.43. The number of aromatic amines is 1.